The zero-order chi connectivity index (χ0) is 19.6. The first-order valence-corrected chi connectivity index (χ1v) is 10.7. The highest BCUT2D eigenvalue weighted by Gasteiger charge is 2.40. The third-order valence-electron chi connectivity index (χ3n) is 5.05. The number of benzene rings is 1. The molecule has 0 bridgehead atoms. The molecule has 0 unspecified atom stereocenters. The van der Waals surface area contributed by atoms with E-state index in [1.807, 2.05) is 0 Å². The van der Waals surface area contributed by atoms with Crippen LogP contribution in [0.4, 0.5) is 0 Å². The molecule has 3 heterocycles. The fourth-order valence-electron chi connectivity index (χ4n) is 3.46. The summed E-state index contributed by atoms with van der Waals surface area (Å²) in [6.07, 6.45) is 2.77. The molecule has 28 heavy (non-hydrogen) atoms. The summed E-state index contributed by atoms with van der Waals surface area (Å²) < 4.78 is 43.7. The number of carbonyl (C=O) groups excluding carboxylic acids is 1. The van der Waals surface area contributed by atoms with E-state index in [1.54, 1.807) is 17.0 Å². The van der Waals surface area contributed by atoms with Crippen LogP contribution >= 0.6 is 0 Å². The zero-order valence-corrected chi connectivity index (χ0v) is 16.1. The molecule has 1 spiro atoms. The summed E-state index contributed by atoms with van der Waals surface area (Å²) in [5.74, 6) is -0.136. The molecule has 2 aromatic rings. The quantitative estimate of drug-likeness (QED) is 0.812. The Labute approximate surface area is 163 Å². The molecular formula is C19H22N2O6S. The van der Waals surface area contributed by atoms with E-state index in [0.717, 1.165) is 0 Å². The van der Waals surface area contributed by atoms with E-state index in [-0.39, 0.29) is 17.3 Å². The predicted octanol–water partition coefficient (Wildman–Crippen LogP) is 1.74. The lowest BCUT2D eigenvalue weighted by atomic mass is 10.0. The molecule has 2 aliphatic rings. The molecule has 0 saturated carbocycles. The summed E-state index contributed by atoms with van der Waals surface area (Å²) in [7, 11) is -3.69. The van der Waals surface area contributed by atoms with Gasteiger partial charge in [0.05, 0.1) is 30.9 Å². The van der Waals surface area contributed by atoms with Crippen LogP contribution in [0.25, 0.3) is 0 Å². The number of nitrogens with one attached hydrogen (secondary N) is 1. The van der Waals surface area contributed by atoms with E-state index in [1.165, 1.54) is 30.5 Å². The Kier molecular flexibility index (Phi) is 5.24. The summed E-state index contributed by atoms with van der Waals surface area (Å²) in [5, 5.41) is 0. The maximum absolute atomic E-state index is 12.7. The zero-order valence-electron chi connectivity index (χ0n) is 15.3. The minimum Gasteiger partial charge on any atom is -0.468 e. The van der Waals surface area contributed by atoms with Crippen molar-refractivity contribution in [2.45, 2.75) is 30.1 Å². The Morgan fingerprint density at radius 3 is 2.36 bits per heavy atom. The minimum absolute atomic E-state index is 0.0652. The van der Waals surface area contributed by atoms with E-state index < -0.39 is 15.8 Å². The van der Waals surface area contributed by atoms with Crippen LogP contribution in [0.2, 0.25) is 0 Å². The van der Waals surface area contributed by atoms with Gasteiger partial charge in [0.2, 0.25) is 10.0 Å². The Hall–Kier alpha value is -2.20. The number of sulfonamides is 1. The SMILES string of the molecule is O=C(c1ccc(S(=O)(=O)NCc2ccco2)cc1)N1CCC2(CC1)OCCO2. The van der Waals surface area contributed by atoms with Crippen molar-refractivity contribution in [2.24, 2.45) is 0 Å². The Balaban J connectivity index is 1.38. The molecule has 150 valence electrons. The fourth-order valence-corrected chi connectivity index (χ4v) is 4.45. The van der Waals surface area contributed by atoms with Gasteiger partial charge in [-0.2, -0.15) is 0 Å². The number of hydrogen-bond acceptors (Lipinski definition) is 6. The summed E-state index contributed by atoms with van der Waals surface area (Å²) in [5.41, 5.74) is 0.453. The number of carbonyl (C=O) groups is 1. The molecule has 8 nitrogen and oxygen atoms in total. The van der Waals surface area contributed by atoms with Crippen LogP contribution in [0.5, 0.6) is 0 Å². The van der Waals surface area contributed by atoms with Crippen LogP contribution in [0.15, 0.2) is 52.0 Å². The van der Waals surface area contributed by atoms with Gasteiger partial charge in [-0.25, -0.2) is 13.1 Å². The van der Waals surface area contributed by atoms with Crippen molar-refractivity contribution >= 4 is 15.9 Å². The number of rotatable bonds is 5. The first-order valence-electron chi connectivity index (χ1n) is 9.17. The van der Waals surface area contributed by atoms with Gasteiger partial charge in [0.1, 0.15) is 5.76 Å². The lowest BCUT2D eigenvalue weighted by Crippen LogP contribution is -2.47. The van der Waals surface area contributed by atoms with E-state index >= 15 is 0 Å². The molecule has 0 aliphatic carbocycles. The van der Waals surface area contributed by atoms with E-state index in [4.69, 9.17) is 13.9 Å². The fraction of sp³-hybridized carbons (Fsp3) is 0.421. The Bertz CT molecular complexity index is 908. The molecular weight excluding hydrogens is 384 g/mol. The third-order valence-corrected chi connectivity index (χ3v) is 6.47. The van der Waals surface area contributed by atoms with Crippen LogP contribution in [0.3, 0.4) is 0 Å². The Morgan fingerprint density at radius 1 is 1.07 bits per heavy atom. The van der Waals surface area contributed by atoms with Crippen molar-refractivity contribution in [3.63, 3.8) is 0 Å². The lowest BCUT2D eigenvalue weighted by Gasteiger charge is -2.37. The largest absolute Gasteiger partial charge is 0.468 e. The van der Waals surface area contributed by atoms with E-state index in [0.29, 0.717) is 50.5 Å². The highest BCUT2D eigenvalue weighted by molar-refractivity contribution is 7.89. The van der Waals surface area contributed by atoms with Crippen LogP contribution in [-0.4, -0.2) is 51.3 Å². The molecule has 2 saturated heterocycles. The highest BCUT2D eigenvalue weighted by atomic mass is 32.2. The summed E-state index contributed by atoms with van der Waals surface area (Å²) in [6, 6.07) is 9.33. The second kappa shape index (κ2) is 7.67. The molecule has 0 atom stereocenters. The third kappa shape index (κ3) is 3.97. The van der Waals surface area contributed by atoms with Gasteiger partial charge < -0.3 is 18.8 Å². The van der Waals surface area contributed by atoms with Crippen LogP contribution in [0, 0.1) is 0 Å². The summed E-state index contributed by atoms with van der Waals surface area (Å²) >= 11 is 0. The van der Waals surface area contributed by atoms with Gasteiger partial charge in [-0.1, -0.05) is 0 Å². The summed E-state index contributed by atoms with van der Waals surface area (Å²) in [4.78, 5) is 14.6. The number of nitrogens with zero attached hydrogens (tertiary/aromatic N) is 1. The molecule has 1 N–H and O–H groups in total. The van der Waals surface area contributed by atoms with Gasteiger partial charge in [-0.3, -0.25) is 4.79 Å². The van der Waals surface area contributed by atoms with Crippen LogP contribution in [0.1, 0.15) is 29.0 Å². The number of likely N-dealkylation sites (tertiary alicyclic amines) is 1. The smallest absolute Gasteiger partial charge is 0.253 e. The van der Waals surface area contributed by atoms with Gasteiger partial charge in [0.15, 0.2) is 5.79 Å². The standard InChI is InChI=1S/C19H22N2O6S/c22-18(21-9-7-19(8-10-21)26-12-13-27-19)15-3-5-17(6-4-15)28(23,24)20-14-16-2-1-11-25-16/h1-6,11,20H,7-10,12-14H2. The lowest BCUT2D eigenvalue weighted by molar-refractivity contribution is -0.181. The molecule has 0 radical (unpaired) electrons. The number of hydrogen-bond donors (Lipinski definition) is 1. The predicted molar refractivity (Wildman–Crippen MR) is 98.9 cm³/mol. The van der Waals surface area contributed by atoms with Gasteiger partial charge in [-0.15, -0.1) is 0 Å². The van der Waals surface area contributed by atoms with Crippen LogP contribution in [-0.2, 0) is 26.0 Å². The van der Waals surface area contributed by atoms with Crippen molar-refractivity contribution in [1.29, 1.82) is 0 Å². The molecule has 2 aliphatic heterocycles. The topological polar surface area (TPSA) is 98.1 Å². The number of furan rings is 1. The van der Waals surface area contributed by atoms with Crippen molar-refractivity contribution < 1.29 is 27.1 Å². The van der Waals surface area contributed by atoms with E-state index in [2.05, 4.69) is 4.72 Å². The molecule has 2 fully saturated rings. The van der Waals surface area contributed by atoms with Crippen molar-refractivity contribution in [3.05, 3.63) is 54.0 Å². The first-order chi connectivity index (χ1) is 13.5. The maximum Gasteiger partial charge on any atom is 0.253 e. The average Bonchev–Trinajstić information content (AvgIpc) is 3.39. The number of amides is 1. The number of piperidine rings is 1. The highest BCUT2D eigenvalue weighted by Crippen LogP contribution is 2.31. The monoisotopic (exact) mass is 406 g/mol. The van der Waals surface area contributed by atoms with Gasteiger partial charge >= 0.3 is 0 Å². The minimum atomic E-state index is -3.69. The van der Waals surface area contributed by atoms with Crippen molar-refractivity contribution in [2.75, 3.05) is 26.3 Å². The maximum atomic E-state index is 12.7. The molecule has 1 aromatic heterocycles. The van der Waals surface area contributed by atoms with Gasteiger partial charge in [-0.05, 0) is 36.4 Å². The second-order valence-corrected chi connectivity index (χ2v) is 8.60. The van der Waals surface area contributed by atoms with Crippen molar-refractivity contribution in [3.8, 4) is 0 Å². The Morgan fingerprint density at radius 2 is 1.75 bits per heavy atom. The average molecular weight is 406 g/mol. The first kappa shape index (κ1) is 19.1. The van der Waals surface area contributed by atoms with Gasteiger partial charge in [0, 0.05) is 31.5 Å². The molecule has 4 rings (SSSR count). The van der Waals surface area contributed by atoms with Crippen LogP contribution < -0.4 is 4.72 Å². The molecule has 1 amide bonds. The summed E-state index contributed by atoms with van der Waals surface area (Å²) in [6.45, 7) is 2.35. The number of ether oxygens (including phenoxy) is 2. The van der Waals surface area contributed by atoms with Crippen molar-refractivity contribution in [1.82, 2.24) is 9.62 Å². The second-order valence-electron chi connectivity index (χ2n) is 6.83. The van der Waals surface area contributed by atoms with E-state index in [9.17, 15) is 13.2 Å². The normalized spacial score (nSPS) is 19.2. The van der Waals surface area contributed by atoms with Gasteiger partial charge in [0.25, 0.3) is 5.91 Å². The molecule has 9 heteroatoms. The molecule has 1 aromatic carbocycles.